The van der Waals surface area contributed by atoms with Crippen LogP contribution in [0.1, 0.15) is 20.3 Å². The van der Waals surface area contributed by atoms with Gasteiger partial charge in [0, 0.05) is 22.9 Å². The highest BCUT2D eigenvalue weighted by molar-refractivity contribution is 7.31. The molecule has 37 heavy (non-hydrogen) atoms. The van der Waals surface area contributed by atoms with Crippen LogP contribution in [0.15, 0.2) is 110 Å². The maximum atomic E-state index is 6.48. The lowest BCUT2D eigenvalue weighted by atomic mass is 9.99. The summed E-state index contributed by atoms with van der Waals surface area (Å²) in [7, 11) is -1.67. The van der Waals surface area contributed by atoms with E-state index in [9.17, 15) is 0 Å². The molecule has 5 aromatic rings. The highest BCUT2D eigenvalue weighted by atomic mass is 31.1. The van der Waals surface area contributed by atoms with E-state index in [0.717, 1.165) is 49.9 Å². The van der Waals surface area contributed by atoms with Crippen molar-refractivity contribution >= 4 is 57.9 Å². The average molecular weight is 508 g/mol. The second kappa shape index (κ2) is 10.4. The van der Waals surface area contributed by atoms with E-state index in [1.807, 2.05) is 18.3 Å². The van der Waals surface area contributed by atoms with Crippen molar-refractivity contribution in [1.82, 2.24) is 0 Å². The fraction of sp³-hybridized carbons (Fsp3) is 0.219. The zero-order chi connectivity index (χ0) is 25.2. The topological polar surface area (TPSA) is 47.9 Å². The second-order valence-electron chi connectivity index (χ2n) is 9.62. The lowest BCUT2D eigenvalue weighted by Gasteiger charge is -2.18. The molecule has 0 N–H and O–H groups in total. The first-order valence-corrected chi connectivity index (χ1v) is 14.0. The van der Waals surface area contributed by atoms with Crippen molar-refractivity contribution in [2.24, 2.45) is 16.8 Å². The van der Waals surface area contributed by atoms with E-state index in [1.165, 1.54) is 0 Å². The summed E-state index contributed by atoms with van der Waals surface area (Å²) in [6.07, 6.45) is 11.4. The molecule has 186 valence electrons. The Bertz CT molecular complexity index is 1610. The number of rotatable bonds is 7. The van der Waals surface area contributed by atoms with Crippen LogP contribution in [0.4, 0.5) is 0 Å². The third-order valence-electron chi connectivity index (χ3n) is 7.26. The van der Waals surface area contributed by atoms with Crippen LogP contribution in [-0.2, 0) is 0 Å². The first-order chi connectivity index (χ1) is 18.2. The summed E-state index contributed by atoms with van der Waals surface area (Å²) < 4.78 is 19.3. The Morgan fingerprint density at radius 2 is 1.41 bits per heavy atom. The van der Waals surface area contributed by atoms with Gasteiger partial charge in [0.2, 0.25) is 0 Å². The molecule has 0 unspecified atom stereocenters. The molecule has 0 spiro atoms. The van der Waals surface area contributed by atoms with Gasteiger partial charge in [0.25, 0.3) is 0 Å². The minimum Gasteiger partial charge on any atom is -0.399 e. The maximum Gasteiger partial charge on any atom is 0.387 e. The van der Waals surface area contributed by atoms with Gasteiger partial charge >= 0.3 is 8.24 Å². The van der Waals surface area contributed by atoms with Crippen LogP contribution in [0.3, 0.4) is 0 Å². The number of aliphatic imine (C=N–C) groups is 1. The number of hydrogen-bond donors (Lipinski definition) is 0. The summed E-state index contributed by atoms with van der Waals surface area (Å²) in [5.41, 5.74) is 1.56. The summed E-state index contributed by atoms with van der Waals surface area (Å²) in [6, 6.07) is 25.2. The molecule has 0 amide bonds. The molecule has 1 aromatic heterocycles. The average Bonchev–Trinajstić information content (AvgIpc) is 3.40. The Labute approximate surface area is 217 Å². The van der Waals surface area contributed by atoms with E-state index in [4.69, 9.17) is 17.9 Å². The van der Waals surface area contributed by atoms with E-state index in [-0.39, 0.29) is 12.0 Å². The predicted octanol–water partition coefficient (Wildman–Crippen LogP) is 9.25. The number of benzene rings is 4. The van der Waals surface area contributed by atoms with Crippen molar-refractivity contribution < 1.29 is 12.9 Å². The molecule has 4 aromatic carbocycles. The summed E-state index contributed by atoms with van der Waals surface area (Å²) in [6.45, 7) is 4.84. The minimum absolute atomic E-state index is 0.0255. The highest BCUT2D eigenvalue weighted by Crippen LogP contribution is 2.40. The smallest absolute Gasteiger partial charge is 0.387 e. The molecule has 0 radical (unpaired) electrons. The molecule has 1 aliphatic rings. The number of nitrogens with zero attached hydrogens (tertiary/aromatic N) is 1. The van der Waals surface area contributed by atoms with Crippen LogP contribution in [0.2, 0.25) is 0 Å². The van der Waals surface area contributed by atoms with Gasteiger partial charge in [-0.05, 0) is 39.6 Å². The molecule has 0 saturated heterocycles. The third kappa shape index (κ3) is 4.75. The summed E-state index contributed by atoms with van der Waals surface area (Å²) in [4.78, 5) is 4.90. The fourth-order valence-corrected chi connectivity index (χ4v) is 5.97. The number of fused-ring (bicyclic) bond motifs is 7. The predicted molar refractivity (Wildman–Crippen MR) is 156 cm³/mol. The van der Waals surface area contributed by atoms with Gasteiger partial charge in [-0.2, -0.15) is 0 Å². The molecule has 0 fully saturated rings. The molecular weight excluding hydrogens is 477 g/mol. The molecular formula is C32H30NO3P. The van der Waals surface area contributed by atoms with Crippen molar-refractivity contribution in [2.45, 2.75) is 26.3 Å². The van der Waals surface area contributed by atoms with E-state index in [2.05, 4.69) is 98.8 Å². The summed E-state index contributed by atoms with van der Waals surface area (Å²) in [5.74, 6) is 0.628. The van der Waals surface area contributed by atoms with E-state index in [0.29, 0.717) is 12.5 Å². The SMILES string of the molecule is CC[C@H](C)[C@@H](COp1oc2ccc3ccccc3c2c2c(ccc3ccccc32)o1)N=CC1C=CC=C1. The number of hydrogen-bond acceptors (Lipinski definition) is 4. The van der Waals surface area contributed by atoms with Crippen LogP contribution >= 0.6 is 8.24 Å². The van der Waals surface area contributed by atoms with Crippen molar-refractivity contribution in [3.05, 3.63) is 97.1 Å². The van der Waals surface area contributed by atoms with Gasteiger partial charge in [-0.3, -0.25) is 9.52 Å². The highest BCUT2D eigenvalue weighted by Gasteiger charge is 2.18. The van der Waals surface area contributed by atoms with Gasteiger partial charge in [-0.1, -0.05) is 105 Å². The molecule has 6 rings (SSSR count). The molecule has 0 aliphatic heterocycles. The Balaban J connectivity index is 1.49. The van der Waals surface area contributed by atoms with Gasteiger partial charge in [-0.25, -0.2) is 0 Å². The third-order valence-corrected chi connectivity index (χ3v) is 8.31. The Hall–Kier alpha value is -3.59. The van der Waals surface area contributed by atoms with Crippen molar-refractivity contribution in [2.75, 3.05) is 6.61 Å². The first kappa shape index (κ1) is 23.8. The molecule has 0 bridgehead atoms. The van der Waals surface area contributed by atoms with Crippen LogP contribution in [0.5, 0.6) is 0 Å². The summed E-state index contributed by atoms with van der Waals surface area (Å²) >= 11 is 0. The van der Waals surface area contributed by atoms with Crippen LogP contribution < -0.4 is 4.52 Å². The lowest BCUT2D eigenvalue weighted by molar-refractivity contribution is 0.293. The Morgan fingerprint density at radius 1 is 0.838 bits per heavy atom. The van der Waals surface area contributed by atoms with Crippen molar-refractivity contribution in [1.29, 1.82) is 0 Å². The zero-order valence-electron chi connectivity index (χ0n) is 21.1. The fourth-order valence-electron chi connectivity index (χ4n) is 4.92. The normalized spacial score (nSPS) is 15.5. The first-order valence-electron chi connectivity index (χ1n) is 12.9. The lowest BCUT2D eigenvalue weighted by Crippen LogP contribution is -2.23. The van der Waals surface area contributed by atoms with Gasteiger partial charge in [-0.15, -0.1) is 0 Å². The molecule has 0 saturated carbocycles. The van der Waals surface area contributed by atoms with E-state index in [1.54, 1.807) is 0 Å². The minimum atomic E-state index is -1.67. The molecule has 1 aliphatic carbocycles. The van der Waals surface area contributed by atoms with E-state index >= 15 is 0 Å². The zero-order valence-corrected chi connectivity index (χ0v) is 22.0. The summed E-state index contributed by atoms with van der Waals surface area (Å²) in [5, 5.41) is 6.70. The Kier molecular flexibility index (Phi) is 6.70. The van der Waals surface area contributed by atoms with E-state index < -0.39 is 8.24 Å². The molecule has 5 heteroatoms. The quantitative estimate of drug-likeness (QED) is 0.206. The van der Waals surface area contributed by atoms with Crippen LogP contribution in [0.25, 0.3) is 43.5 Å². The molecule has 4 nitrogen and oxygen atoms in total. The van der Waals surface area contributed by atoms with Gasteiger partial charge < -0.3 is 8.39 Å². The maximum absolute atomic E-state index is 6.48. The van der Waals surface area contributed by atoms with Gasteiger partial charge in [0.05, 0.1) is 12.6 Å². The van der Waals surface area contributed by atoms with Gasteiger partial charge in [0.15, 0.2) is 0 Å². The van der Waals surface area contributed by atoms with Gasteiger partial charge in [0.1, 0.15) is 11.2 Å². The second-order valence-corrected chi connectivity index (χ2v) is 10.7. The standard InChI is InChI=1S/C32H30NO3P/c1-3-22(2)28(33-20-23-10-4-5-11-23)21-34-37-35-29-18-16-24-12-6-8-14-26(24)31(29)32-27-15-9-7-13-25(27)17-19-30(32)36-37/h4-20,22-23,28H,3,21H2,1-2H3/t22-,28+/m0/s1. The largest absolute Gasteiger partial charge is 0.399 e. The number of allylic oxidation sites excluding steroid dienone is 4. The van der Waals surface area contributed by atoms with Crippen molar-refractivity contribution in [3.8, 4) is 0 Å². The Morgan fingerprint density at radius 3 is 1.97 bits per heavy atom. The van der Waals surface area contributed by atoms with Crippen molar-refractivity contribution in [3.63, 3.8) is 0 Å². The van der Waals surface area contributed by atoms with Crippen LogP contribution in [0, 0.1) is 11.8 Å². The monoisotopic (exact) mass is 507 g/mol. The van der Waals surface area contributed by atoms with Crippen LogP contribution in [-0.4, -0.2) is 18.9 Å². The molecule has 1 heterocycles. The molecule has 2 atom stereocenters.